The lowest BCUT2D eigenvalue weighted by molar-refractivity contribution is 0.0951. The Kier molecular flexibility index (Phi) is 4.87. The molecule has 0 spiro atoms. The number of rotatable bonds is 5. The molecule has 0 unspecified atom stereocenters. The zero-order chi connectivity index (χ0) is 14.5. The van der Waals surface area contributed by atoms with Crippen molar-refractivity contribution in [3.63, 3.8) is 0 Å². The van der Waals surface area contributed by atoms with Crippen LogP contribution in [0.15, 0.2) is 29.6 Å². The third kappa shape index (κ3) is 3.65. The summed E-state index contributed by atoms with van der Waals surface area (Å²) in [5.41, 5.74) is 7.20. The summed E-state index contributed by atoms with van der Waals surface area (Å²) < 4.78 is 5.48. The van der Waals surface area contributed by atoms with Crippen LogP contribution in [-0.4, -0.2) is 19.1 Å². The van der Waals surface area contributed by atoms with E-state index in [0.29, 0.717) is 34.5 Å². The van der Waals surface area contributed by atoms with E-state index in [1.807, 2.05) is 24.4 Å². The van der Waals surface area contributed by atoms with Crippen LogP contribution in [0.2, 0.25) is 5.02 Å². The van der Waals surface area contributed by atoms with Gasteiger partial charge in [-0.1, -0.05) is 17.7 Å². The van der Waals surface area contributed by atoms with Gasteiger partial charge in [-0.15, -0.1) is 11.3 Å². The number of nitrogens with two attached hydrogens (primary N) is 1. The highest BCUT2D eigenvalue weighted by Crippen LogP contribution is 2.26. The van der Waals surface area contributed by atoms with Crippen molar-refractivity contribution in [2.24, 2.45) is 0 Å². The van der Waals surface area contributed by atoms with Crippen LogP contribution in [0.5, 0.6) is 5.75 Å². The minimum atomic E-state index is -0.177. The van der Waals surface area contributed by atoms with Crippen molar-refractivity contribution in [1.29, 1.82) is 0 Å². The zero-order valence-corrected chi connectivity index (χ0v) is 12.6. The molecule has 0 aliphatic carbocycles. The predicted octanol–water partition coefficient (Wildman–Crippen LogP) is 3.10. The molecule has 6 heteroatoms. The summed E-state index contributed by atoms with van der Waals surface area (Å²) in [4.78, 5) is 12.4. The van der Waals surface area contributed by atoms with Crippen LogP contribution < -0.4 is 15.8 Å². The monoisotopic (exact) mass is 310 g/mol. The summed E-state index contributed by atoms with van der Waals surface area (Å²) in [6.07, 6.45) is 0. The van der Waals surface area contributed by atoms with Crippen LogP contribution in [0.1, 0.15) is 15.2 Å². The van der Waals surface area contributed by atoms with Crippen LogP contribution in [0.3, 0.4) is 0 Å². The number of nitrogen functional groups attached to an aromatic ring is 1. The Morgan fingerprint density at radius 2 is 2.30 bits per heavy atom. The fourth-order valence-corrected chi connectivity index (χ4v) is 2.80. The minimum absolute atomic E-state index is 0.177. The number of amides is 1. The van der Waals surface area contributed by atoms with E-state index in [9.17, 15) is 4.79 Å². The second-order valence-electron chi connectivity index (χ2n) is 4.24. The number of halogens is 1. The maximum absolute atomic E-state index is 11.9. The van der Waals surface area contributed by atoms with Crippen LogP contribution in [0, 0.1) is 6.92 Å². The molecule has 0 saturated carbocycles. The fourth-order valence-electron chi connectivity index (χ4n) is 1.60. The number of hydrogen-bond acceptors (Lipinski definition) is 4. The SMILES string of the molecule is Cc1csc(C(=O)NCCOc2cccc(N)c2)c1Cl. The van der Waals surface area contributed by atoms with Gasteiger partial charge in [0.15, 0.2) is 0 Å². The summed E-state index contributed by atoms with van der Waals surface area (Å²) >= 11 is 7.37. The van der Waals surface area contributed by atoms with Gasteiger partial charge in [-0.2, -0.15) is 0 Å². The van der Waals surface area contributed by atoms with E-state index in [-0.39, 0.29) is 5.91 Å². The summed E-state index contributed by atoms with van der Waals surface area (Å²) in [5, 5.41) is 5.15. The predicted molar refractivity (Wildman–Crippen MR) is 82.7 cm³/mol. The minimum Gasteiger partial charge on any atom is -0.492 e. The van der Waals surface area contributed by atoms with Gasteiger partial charge in [0.2, 0.25) is 0 Å². The Morgan fingerprint density at radius 1 is 1.50 bits per heavy atom. The van der Waals surface area contributed by atoms with Gasteiger partial charge >= 0.3 is 0 Å². The van der Waals surface area contributed by atoms with Crippen molar-refractivity contribution >= 4 is 34.5 Å². The third-order valence-electron chi connectivity index (χ3n) is 2.62. The average Bonchev–Trinajstić information content (AvgIpc) is 2.75. The van der Waals surface area contributed by atoms with E-state index < -0.39 is 0 Å². The van der Waals surface area contributed by atoms with Crippen molar-refractivity contribution in [3.8, 4) is 5.75 Å². The second-order valence-corrected chi connectivity index (χ2v) is 5.50. The van der Waals surface area contributed by atoms with Gasteiger partial charge in [0.1, 0.15) is 17.2 Å². The van der Waals surface area contributed by atoms with Gasteiger partial charge < -0.3 is 15.8 Å². The smallest absolute Gasteiger partial charge is 0.263 e. The molecule has 3 N–H and O–H groups in total. The number of benzene rings is 1. The normalized spacial score (nSPS) is 10.3. The van der Waals surface area contributed by atoms with Gasteiger partial charge in [0.05, 0.1) is 11.6 Å². The molecular weight excluding hydrogens is 296 g/mol. The Bertz CT molecular complexity index is 613. The molecule has 106 valence electrons. The van der Waals surface area contributed by atoms with Crippen molar-refractivity contribution in [2.75, 3.05) is 18.9 Å². The first kappa shape index (κ1) is 14.7. The quantitative estimate of drug-likeness (QED) is 0.659. The van der Waals surface area contributed by atoms with Crippen LogP contribution in [0.4, 0.5) is 5.69 Å². The maximum Gasteiger partial charge on any atom is 0.263 e. The first-order valence-electron chi connectivity index (χ1n) is 6.08. The second kappa shape index (κ2) is 6.63. The van der Waals surface area contributed by atoms with Crippen LogP contribution in [0.25, 0.3) is 0 Å². The number of nitrogens with one attached hydrogen (secondary N) is 1. The third-order valence-corrected chi connectivity index (χ3v) is 4.32. The number of carbonyl (C=O) groups is 1. The zero-order valence-electron chi connectivity index (χ0n) is 11.0. The molecule has 0 radical (unpaired) electrons. The number of carbonyl (C=O) groups excluding carboxylic acids is 1. The van der Waals surface area contributed by atoms with Crippen molar-refractivity contribution in [2.45, 2.75) is 6.92 Å². The molecule has 1 heterocycles. The number of anilines is 1. The highest BCUT2D eigenvalue weighted by atomic mass is 35.5. The highest BCUT2D eigenvalue weighted by Gasteiger charge is 2.13. The summed E-state index contributed by atoms with van der Waals surface area (Å²) in [5.74, 6) is 0.508. The molecule has 4 nitrogen and oxygen atoms in total. The molecule has 1 amide bonds. The van der Waals surface area contributed by atoms with E-state index in [2.05, 4.69) is 5.32 Å². The van der Waals surface area contributed by atoms with E-state index >= 15 is 0 Å². The first-order chi connectivity index (χ1) is 9.58. The van der Waals surface area contributed by atoms with Crippen LogP contribution >= 0.6 is 22.9 Å². The molecule has 1 aromatic heterocycles. The van der Waals surface area contributed by atoms with Gasteiger partial charge in [-0.05, 0) is 30.0 Å². The van der Waals surface area contributed by atoms with Gasteiger partial charge in [-0.25, -0.2) is 0 Å². The molecule has 0 saturated heterocycles. The van der Waals surface area contributed by atoms with E-state index in [1.54, 1.807) is 12.1 Å². The summed E-state index contributed by atoms with van der Waals surface area (Å²) in [6, 6.07) is 7.16. The molecule has 2 rings (SSSR count). The van der Waals surface area contributed by atoms with Crippen LogP contribution in [-0.2, 0) is 0 Å². The Labute approximate surface area is 126 Å². The maximum atomic E-state index is 11.9. The molecule has 0 aliphatic rings. The average molecular weight is 311 g/mol. The molecule has 0 atom stereocenters. The van der Waals surface area contributed by atoms with Crippen molar-refractivity contribution in [3.05, 3.63) is 45.1 Å². The molecule has 0 fully saturated rings. The Hall–Kier alpha value is -1.72. The van der Waals surface area contributed by atoms with Crippen molar-refractivity contribution < 1.29 is 9.53 Å². The molecule has 1 aromatic carbocycles. The lowest BCUT2D eigenvalue weighted by atomic mass is 10.3. The molecule has 2 aromatic rings. The molecule has 20 heavy (non-hydrogen) atoms. The Morgan fingerprint density at radius 3 is 2.95 bits per heavy atom. The molecule has 0 bridgehead atoms. The summed E-state index contributed by atoms with van der Waals surface area (Å²) in [6.45, 7) is 2.65. The lowest BCUT2D eigenvalue weighted by Crippen LogP contribution is -2.27. The number of thiophene rings is 1. The van der Waals surface area contributed by atoms with Gasteiger partial charge in [-0.3, -0.25) is 4.79 Å². The topological polar surface area (TPSA) is 64.3 Å². The van der Waals surface area contributed by atoms with E-state index in [0.717, 1.165) is 5.56 Å². The number of hydrogen-bond donors (Lipinski definition) is 2. The summed E-state index contributed by atoms with van der Waals surface area (Å²) in [7, 11) is 0. The van der Waals surface area contributed by atoms with Gasteiger partial charge in [0, 0.05) is 11.8 Å². The molecular formula is C14H15ClN2O2S. The number of ether oxygens (including phenoxy) is 1. The first-order valence-corrected chi connectivity index (χ1v) is 7.34. The molecule has 0 aliphatic heterocycles. The lowest BCUT2D eigenvalue weighted by Gasteiger charge is -2.07. The Balaban J connectivity index is 1.79. The standard InChI is InChI=1S/C14H15ClN2O2S/c1-9-8-20-13(12(9)15)14(18)17-5-6-19-11-4-2-3-10(16)7-11/h2-4,7-8H,5-6,16H2,1H3,(H,17,18). The number of aryl methyl sites for hydroxylation is 1. The van der Waals surface area contributed by atoms with Crippen molar-refractivity contribution in [1.82, 2.24) is 5.32 Å². The largest absolute Gasteiger partial charge is 0.492 e. The highest BCUT2D eigenvalue weighted by molar-refractivity contribution is 7.13. The fraction of sp³-hybridized carbons (Fsp3) is 0.214. The van der Waals surface area contributed by atoms with Gasteiger partial charge in [0.25, 0.3) is 5.91 Å². The van der Waals surface area contributed by atoms with E-state index in [4.69, 9.17) is 22.1 Å². The van der Waals surface area contributed by atoms with E-state index in [1.165, 1.54) is 11.3 Å².